The minimum absolute atomic E-state index is 0.0990. The van der Waals surface area contributed by atoms with Crippen molar-refractivity contribution in [3.05, 3.63) is 34.1 Å². The van der Waals surface area contributed by atoms with Gasteiger partial charge in [-0.05, 0) is 31.7 Å². The van der Waals surface area contributed by atoms with Crippen LogP contribution in [0.5, 0.6) is 0 Å². The molecule has 0 bridgehead atoms. The molecule has 1 aromatic rings. The third kappa shape index (κ3) is 3.55. The van der Waals surface area contributed by atoms with Gasteiger partial charge in [-0.3, -0.25) is 4.90 Å². The van der Waals surface area contributed by atoms with E-state index in [1.54, 1.807) is 6.07 Å². The van der Waals surface area contributed by atoms with Crippen LogP contribution in [0.1, 0.15) is 12.5 Å². The molecule has 0 aliphatic carbocycles. The molecular formula is C11H15BrFNO. The zero-order valence-electron chi connectivity index (χ0n) is 8.87. The summed E-state index contributed by atoms with van der Waals surface area (Å²) in [6, 6.07) is 4.74. The smallest absolute Gasteiger partial charge is 0.124 e. The van der Waals surface area contributed by atoms with Crippen molar-refractivity contribution in [1.82, 2.24) is 4.90 Å². The van der Waals surface area contributed by atoms with Crippen molar-refractivity contribution in [2.24, 2.45) is 0 Å². The lowest BCUT2D eigenvalue weighted by Gasteiger charge is -2.23. The molecule has 0 aromatic heterocycles. The second-order valence-corrected chi connectivity index (χ2v) is 4.54. The standard InChI is InChI=1S/C11H15BrFNO/c1-8(7-15)14(2)6-9-3-4-10(13)5-11(9)12/h3-5,8,15H,6-7H2,1-2H3. The van der Waals surface area contributed by atoms with Gasteiger partial charge in [0.25, 0.3) is 0 Å². The molecule has 84 valence electrons. The van der Waals surface area contributed by atoms with Gasteiger partial charge in [-0.25, -0.2) is 4.39 Å². The molecule has 0 aliphatic heterocycles. The van der Waals surface area contributed by atoms with Crippen molar-refractivity contribution in [2.75, 3.05) is 13.7 Å². The first kappa shape index (κ1) is 12.6. The number of hydrogen-bond acceptors (Lipinski definition) is 2. The van der Waals surface area contributed by atoms with E-state index in [0.717, 1.165) is 10.0 Å². The zero-order valence-corrected chi connectivity index (χ0v) is 10.5. The van der Waals surface area contributed by atoms with Crippen LogP contribution in [0.4, 0.5) is 4.39 Å². The van der Waals surface area contributed by atoms with Crippen molar-refractivity contribution in [2.45, 2.75) is 19.5 Å². The van der Waals surface area contributed by atoms with Gasteiger partial charge >= 0.3 is 0 Å². The number of aliphatic hydroxyl groups is 1. The summed E-state index contributed by atoms with van der Waals surface area (Å²) in [5.41, 5.74) is 1.01. The van der Waals surface area contributed by atoms with Crippen LogP contribution in [0.15, 0.2) is 22.7 Å². The van der Waals surface area contributed by atoms with E-state index in [1.807, 2.05) is 18.9 Å². The van der Waals surface area contributed by atoms with Gasteiger partial charge in [0.2, 0.25) is 0 Å². The van der Waals surface area contributed by atoms with Gasteiger partial charge in [0.1, 0.15) is 5.82 Å². The molecule has 0 spiro atoms. The first-order valence-electron chi connectivity index (χ1n) is 4.79. The summed E-state index contributed by atoms with van der Waals surface area (Å²) in [5, 5.41) is 8.98. The highest BCUT2D eigenvalue weighted by atomic mass is 79.9. The molecule has 0 fully saturated rings. The van der Waals surface area contributed by atoms with Crippen LogP contribution >= 0.6 is 15.9 Å². The Bertz CT molecular complexity index is 332. The number of hydrogen-bond donors (Lipinski definition) is 1. The van der Waals surface area contributed by atoms with E-state index in [9.17, 15) is 4.39 Å². The van der Waals surface area contributed by atoms with Crippen molar-refractivity contribution < 1.29 is 9.50 Å². The number of benzene rings is 1. The summed E-state index contributed by atoms with van der Waals surface area (Å²) >= 11 is 3.32. The monoisotopic (exact) mass is 275 g/mol. The maximum atomic E-state index is 12.8. The fraction of sp³-hybridized carbons (Fsp3) is 0.455. The highest BCUT2D eigenvalue weighted by Crippen LogP contribution is 2.19. The molecular weight excluding hydrogens is 261 g/mol. The second-order valence-electron chi connectivity index (χ2n) is 3.68. The fourth-order valence-electron chi connectivity index (χ4n) is 1.21. The van der Waals surface area contributed by atoms with Gasteiger partial charge in [0.15, 0.2) is 0 Å². The molecule has 2 nitrogen and oxygen atoms in total. The van der Waals surface area contributed by atoms with Crippen LogP contribution in [0.25, 0.3) is 0 Å². The highest BCUT2D eigenvalue weighted by Gasteiger charge is 2.10. The van der Waals surface area contributed by atoms with E-state index in [-0.39, 0.29) is 18.5 Å². The highest BCUT2D eigenvalue weighted by molar-refractivity contribution is 9.10. The Morgan fingerprint density at radius 1 is 1.53 bits per heavy atom. The summed E-state index contributed by atoms with van der Waals surface area (Å²) in [7, 11) is 1.93. The number of nitrogens with zero attached hydrogens (tertiary/aromatic N) is 1. The number of likely N-dealkylation sites (N-methyl/N-ethyl adjacent to an activating group) is 1. The molecule has 0 saturated heterocycles. The van der Waals surface area contributed by atoms with Crippen LogP contribution in [0.3, 0.4) is 0 Å². The molecule has 4 heteroatoms. The van der Waals surface area contributed by atoms with Crippen molar-refractivity contribution in [1.29, 1.82) is 0 Å². The SMILES string of the molecule is CC(CO)N(C)Cc1ccc(F)cc1Br. The van der Waals surface area contributed by atoms with Crippen molar-refractivity contribution in [3.8, 4) is 0 Å². The molecule has 0 amide bonds. The zero-order chi connectivity index (χ0) is 11.4. The largest absolute Gasteiger partial charge is 0.395 e. The van der Waals surface area contributed by atoms with Gasteiger partial charge in [-0.2, -0.15) is 0 Å². The minimum Gasteiger partial charge on any atom is -0.395 e. The van der Waals surface area contributed by atoms with Gasteiger partial charge in [0.05, 0.1) is 6.61 Å². The Morgan fingerprint density at radius 2 is 2.20 bits per heavy atom. The second kappa shape index (κ2) is 5.58. The number of rotatable bonds is 4. The Labute approximate surface area is 97.8 Å². The van der Waals surface area contributed by atoms with Gasteiger partial charge in [-0.15, -0.1) is 0 Å². The summed E-state index contributed by atoms with van der Waals surface area (Å²) in [4.78, 5) is 2.01. The van der Waals surface area contributed by atoms with Gasteiger partial charge in [-0.1, -0.05) is 22.0 Å². The van der Waals surface area contributed by atoms with Crippen LogP contribution in [-0.4, -0.2) is 29.7 Å². The van der Waals surface area contributed by atoms with Crippen LogP contribution in [-0.2, 0) is 6.54 Å². The molecule has 1 atom stereocenters. The van der Waals surface area contributed by atoms with Crippen LogP contribution in [0.2, 0.25) is 0 Å². The quantitative estimate of drug-likeness (QED) is 0.912. The third-order valence-corrected chi connectivity index (χ3v) is 3.19. The topological polar surface area (TPSA) is 23.5 Å². The Balaban J connectivity index is 2.72. The average molecular weight is 276 g/mol. The maximum Gasteiger partial charge on any atom is 0.124 e. The molecule has 1 N–H and O–H groups in total. The Hall–Kier alpha value is -0.450. The molecule has 0 heterocycles. The van der Waals surface area contributed by atoms with Crippen LogP contribution in [0, 0.1) is 5.82 Å². The predicted octanol–water partition coefficient (Wildman–Crippen LogP) is 2.40. The lowest BCUT2D eigenvalue weighted by atomic mass is 10.2. The molecule has 0 saturated carbocycles. The maximum absolute atomic E-state index is 12.8. The molecule has 0 aliphatic rings. The van der Waals surface area contributed by atoms with Crippen molar-refractivity contribution >= 4 is 15.9 Å². The Kier molecular flexibility index (Phi) is 4.70. The lowest BCUT2D eigenvalue weighted by molar-refractivity contribution is 0.154. The molecule has 1 rings (SSSR count). The molecule has 1 aromatic carbocycles. The first-order valence-corrected chi connectivity index (χ1v) is 5.59. The molecule has 0 radical (unpaired) electrons. The average Bonchev–Trinajstić information content (AvgIpc) is 2.20. The predicted molar refractivity (Wildman–Crippen MR) is 62.1 cm³/mol. The Morgan fingerprint density at radius 3 is 2.73 bits per heavy atom. The van der Waals surface area contributed by atoms with Crippen molar-refractivity contribution in [3.63, 3.8) is 0 Å². The van der Waals surface area contributed by atoms with E-state index in [1.165, 1.54) is 12.1 Å². The normalized spacial score (nSPS) is 13.2. The van der Waals surface area contributed by atoms with Gasteiger partial charge < -0.3 is 5.11 Å². The fourth-order valence-corrected chi connectivity index (χ4v) is 1.69. The summed E-state index contributed by atoms with van der Waals surface area (Å²) in [6.45, 7) is 2.75. The summed E-state index contributed by atoms with van der Waals surface area (Å²) in [6.07, 6.45) is 0. The van der Waals surface area contributed by atoms with E-state index in [0.29, 0.717) is 6.54 Å². The minimum atomic E-state index is -0.247. The lowest BCUT2D eigenvalue weighted by Crippen LogP contribution is -2.31. The van der Waals surface area contributed by atoms with E-state index in [4.69, 9.17) is 5.11 Å². The molecule has 15 heavy (non-hydrogen) atoms. The van der Waals surface area contributed by atoms with E-state index < -0.39 is 0 Å². The molecule has 1 unspecified atom stereocenters. The summed E-state index contributed by atoms with van der Waals surface area (Å²) in [5.74, 6) is -0.247. The van der Waals surface area contributed by atoms with Crippen LogP contribution < -0.4 is 0 Å². The van der Waals surface area contributed by atoms with E-state index in [2.05, 4.69) is 15.9 Å². The van der Waals surface area contributed by atoms with Gasteiger partial charge in [0, 0.05) is 17.1 Å². The number of halogens is 2. The first-order chi connectivity index (χ1) is 7.04. The summed E-state index contributed by atoms with van der Waals surface area (Å²) < 4.78 is 13.6. The number of aliphatic hydroxyl groups excluding tert-OH is 1. The van der Waals surface area contributed by atoms with E-state index >= 15 is 0 Å². The third-order valence-electron chi connectivity index (χ3n) is 2.45.